The second kappa shape index (κ2) is 6.93. The van der Waals surface area contributed by atoms with Gasteiger partial charge >= 0.3 is 0 Å². The second-order valence-corrected chi connectivity index (χ2v) is 7.49. The van der Waals surface area contributed by atoms with Crippen LogP contribution in [0.3, 0.4) is 0 Å². The predicted molar refractivity (Wildman–Crippen MR) is 80.7 cm³/mol. The van der Waals surface area contributed by atoms with E-state index in [9.17, 15) is 8.42 Å². The standard InChI is InChI=1S/C13H18ClNO2S.ClH/c14-11-2-1-3-13(8-11)18(16,17)9-10-4-6-12(15)7-5-10;/h1-3,8,10,12H,4-7,9,15H2;1H. The molecule has 0 amide bonds. The van der Waals surface area contributed by atoms with Crippen LogP contribution >= 0.6 is 24.0 Å². The van der Waals surface area contributed by atoms with Gasteiger partial charge in [-0.1, -0.05) is 17.7 Å². The number of hydrogen-bond donors (Lipinski definition) is 1. The molecule has 6 heteroatoms. The lowest BCUT2D eigenvalue weighted by Gasteiger charge is -2.25. The maximum atomic E-state index is 12.2. The largest absolute Gasteiger partial charge is 0.328 e. The van der Waals surface area contributed by atoms with Crippen molar-refractivity contribution in [1.29, 1.82) is 0 Å². The predicted octanol–water partition coefficient (Wildman–Crippen LogP) is 3.05. The highest BCUT2D eigenvalue weighted by Crippen LogP contribution is 2.27. The monoisotopic (exact) mass is 323 g/mol. The van der Waals surface area contributed by atoms with Crippen molar-refractivity contribution in [2.24, 2.45) is 11.7 Å². The summed E-state index contributed by atoms with van der Waals surface area (Å²) >= 11 is 5.83. The van der Waals surface area contributed by atoms with Crippen molar-refractivity contribution in [3.05, 3.63) is 29.3 Å². The molecule has 3 nitrogen and oxygen atoms in total. The minimum atomic E-state index is -3.23. The minimum absolute atomic E-state index is 0. The van der Waals surface area contributed by atoms with Gasteiger partial charge < -0.3 is 5.73 Å². The number of nitrogens with two attached hydrogens (primary N) is 1. The van der Waals surface area contributed by atoms with Gasteiger partial charge in [-0.25, -0.2) is 8.42 Å². The summed E-state index contributed by atoms with van der Waals surface area (Å²) in [5.41, 5.74) is 5.82. The lowest BCUT2D eigenvalue weighted by Crippen LogP contribution is -2.29. The summed E-state index contributed by atoms with van der Waals surface area (Å²) in [5.74, 6) is 0.439. The van der Waals surface area contributed by atoms with Crippen molar-refractivity contribution in [1.82, 2.24) is 0 Å². The summed E-state index contributed by atoms with van der Waals surface area (Å²) in [5, 5.41) is 0.460. The Hall–Kier alpha value is -0.290. The van der Waals surface area contributed by atoms with E-state index in [1.54, 1.807) is 18.2 Å². The van der Waals surface area contributed by atoms with Crippen LogP contribution < -0.4 is 5.73 Å². The molecule has 0 aromatic heterocycles. The van der Waals surface area contributed by atoms with Crippen molar-refractivity contribution in [3.63, 3.8) is 0 Å². The summed E-state index contributed by atoms with van der Waals surface area (Å²) in [7, 11) is -3.23. The Morgan fingerprint density at radius 3 is 2.42 bits per heavy atom. The number of sulfone groups is 1. The van der Waals surface area contributed by atoms with Crippen LogP contribution in [0.15, 0.2) is 29.2 Å². The van der Waals surface area contributed by atoms with Crippen LogP contribution in [0, 0.1) is 5.92 Å². The normalized spacial score (nSPS) is 23.7. The van der Waals surface area contributed by atoms with Crippen LogP contribution in [0.25, 0.3) is 0 Å². The summed E-state index contributed by atoms with van der Waals surface area (Å²) in [6.45, 7) is 0. The van der Waals surface area contributed by atoms with Crippen molar-refractivity contribution >= 4 is 33.8 Å². The molecule has 2 rings (SSSR count). The maximum absolute atomic E-state index is 12.2. The van der Waals surface area contributed by atoms with Gasteiger partial charge in [-0.05, 0) is 49.8 Å². The molecule has 1 fully saturated rings. The number of hydrogen-bond acceptors (Lipinski definition) is 3. The molecule has 108 valence electrons. The molecule has 0 unspecified atom stereocenters. The van der Waals surface area contributed by atoms with Gasteiger partial charge in [-0.15, -0.1) is 12.4 Å². The zero-order valence-corrected chi connectivity index (χ0v) is 13.0. The van der Waals surface area contributed by atoms with Crippen molar-refractivity contribution in [3.8, 4) is 0 Å². The van der Waals surface area contributed by atoms with E-state index in [1.165, 1.54) is 6.07 Å². The van der Waals surface area contributed by atoms with Gasteiger partial charge in [-0.3, -0.25) is 0 Å². The van der Waals surface area contributed by atoms with Crippen molar-refractivity contribution in [2.45, 2.75) is 36.6 Å². The maximum Gasteiger partial charge on any atom is 0.178 e. The Bertz CT molecular complexity index is 511. The average molecular weight is 324 g/mol. The van der Waals surface area contributed by atoms with E-state index in [0.29, 0.717) is 9.92 Å². The second-order valence-electron chi connectivity index (χ2n) is 5.02. The summed E-state index contributed by atoms with van der Waals surface area (Å²) < 4.78 is 24.5. The number of halogens is 2. The van der Waals surface area contributed by atoms with Crippen LogP contribution in [0.2, 0.25) is 5.02 Å². The zero-order chi connectivity index (χ0) is 13.2. The highest BCUT2D eigenvalue weighted by atomic mass is 35.5. The lowest BCUT2D eigenvalue weighted by molar-refractivity contribution is 0.348. The first kappa shape index (κ1) is 16.8. The third-order valence-electron chi connectivity index (χ3n) is 3.50. The number of rotatable bonds is 3. The SMILES string of the molecule is Cl.NC1CCC(CS(=O)(=O)c2cccc(Cl)c2)CC1. The van der Waals surface area contributed by atoms with Crippen LogP contribution in [0.5, 0.6) is 0 Å². The Morgan fingerprint density at radius 2 is 1.84 bits per heavy atom. The quantitative estimate of drug-likeness (QED) is 0.929. The fraction of sp³-hybridized carbons (Fsp3) is 0.538. The Kier molecular flexibility index (Phi) is 6.12. The van der Waals surface area contributed by atoms with Crippen LogP contribution in [-0.2, 0) is 9.84 Å². The van der Waals surface area contributed by atoms with Crippen LogP contribution in [-0.4, -0.2) is 20.2 Å². The summed E-state index contributed by atoms with van der Waals surface area (Å²) in [4.78, 5) is 0.324. The fourth-order valence-electron chi connectivity index (χ4n) is 2.42. The van der Waals surface area contributed by atoms with Crippen LogP contribution in [0.4, 0.5) is 0 Å². The third kappa shape index (κ3) is 4.63. The van der Waals surface area contributed by atoms with Crippen molar-refractivity contribution < 1.29 is 8.42 Å². The Labute approximate surface area is 125 Å². The highest BCUT2D eigenvalue weighted by Gasteiger charge is 2.25. The molecular formula is C13H19Cl2NO2S. The van der Waals surface area contributed by atoms with Gasteiger partial charge in [0.1, 0.15) is 0 Å². The molecule has 1 aliphatic rings. The molecule has 0 radical (unpaired) electrons. The first-order valence-electron chi connectivity index (χ1n) is 6.21. The molecule has 1 aromatic rings. The molecule has 1 aliphatic carbocycles. The van der Waals surface area contributed by atoms with E-state index >= 15 is 0 Å². The topological polar surface area (TPSA) is 60.2 Å². The van der Waals surface area contributed by atoms with E-state index in [0.717, 1.165) is 25.7 Å². The first-order chi connectivity index (χ1) is 8.47. The number of benzene rings is 1. The van der Waals surface area contributed by atoms with Crippen molar-refractivity contribution in [2.75, 3.05) is 5.75 Å². The average Bonchev–Trinajstić information content (AvgIpc) is 2.32. The fourth-order valence-corrected chi connectivity index (χ4v) is 4.42. The van der Waals surface area contributed by atoms with Gasteiger partial charge in [-0.2, -0.15) is 0 Å². The van der Waals surface area contributed by atoms with E-state index < -0.39 is 9.84 Å². The van der Waals surface area contributed by atoms with Gasteiger partial charge in [0.2, 0.25) is 0 Å². The van der Waals surface area contributed by atoms with E-state index in [1.807, 2.05) is 0 Å². The molecule has 0 bridgehead atoms. The molecule has 1 aromatic carbocycles. The molecule has 0 aliphatic heterocycles. The van der Waals surface area contributed by atoms with Gasteiger partial charge in [0.05, 0.1) is 10.6 Å². The molecule has 0 spiro atoms. The molecule has 0 saturated heterocycles. The lowest BCUT2D eigenvalue weighted by atomic mass is 9.88. The molecular weight excluding hydrogens is 305 g/mol. The third-order valence-corrected chi connectivity index (χ3v) is 5.62. The highest BCUT2D eigenvalue weighted by molar-refractivity contribution is 7.91. The van der Waals surface area contributed by atoms with E-state index in [4.69, 9.17) is 17.3 Å². The molecule has 0 heterocycles. The van der Waals surface area contributed by atoms with Crippen LogP contribution in [0.1, 0.15) is 25.7 Å². The smallest absolute Gasteiger partial charge is 0.178 e. The zero-order valence-electron chi connectivity index (χ0n) is 10.6. The van der Waals surface area contributed by atoms with E-state index in [-0.39, 0.29) is 30.1 Å². The summed E-state index contributed by atoms with van der Waals surface area (Å²) in [6.07, 6.45) is 3.66. The molecule has 2 N–H and O–H groups in total. The Morgan fingerprint density at radius 1 is 1.21 bits per heavy atom. The van der Waals surface area contributed by atoms with Gasteiger partial charge in [0.25, 0.3) is 0 Å². The molecule has 0 atom stereocenters. The van der Waals surface area contributed by atoms with Gasteiger partial charge in [0, 0.05) is 11.1 Å². The van der Waals surface area contributed by atoms with E-state index in [2.05, 4.69) is 0 Å². The van der Waals surface area contributed by atoms with Gasteiger partial charge in [0.15, 0.2) is 9.84 Å². The summed E-state index contributed by atoms with van der Waals surface area (Å²) in [6, 6.07) is 6.73. The first-order valence-corrected chi connectivity index (χ1v) is 8.24. The molecule has 1 saturated carbocycles. The molecule has 19 heavy (non-hydrogen) atoms. The minimum Gasteiger partial charge on any atom is -0.328 e. The Balaban J connectivity index is 0.00000180.